The van der Waals surface area contributed by atoms with Crippen LogP contribution in [0.15, 0.2) is 0 Å². The third kappa shape index (κ3) is 472. The molecule has 0 heterocycles. The van der Waals surface area contributed by atoms with E-state index in [1.165, 1.54) is 0 Å². The molecule has 6 nitrogen and oxygen atoms in total. The summed E-state index contributed by atoms with van der Waals surface area (Å²) in [6, 6.07) is 0. The summed E-state index contributed by atoms with van der Waals surface area (Å²) < 4.78 is 26.8. The fourth-order valence-electron chi connectivity index (χ4n) is 0. The first kappa shape index (κ1) is 36.1. The van der Waals surface area contributed by atoms with E-state index in [0.29, 0.717) is 0 Å². The van der Waals surface area contributed by atoms with Crippen LogP contribution in [0.25, 0.3) is 0 Å². The molecule has 0 aliphatic heterocycles. The van der Waals surface area contributed by atoms with Crippen molar-refractivity contribution in [1.29, 1.82) is 0 Å². The Morgan fingerprint density at radius 2 is 0.600 bits per heavy atom. The average molecular weight is 300 g/mol. The van der Waals surface area contributed by atoms with Crippen LogP contribution < -0.4 is 103 Å². The molecule has 0 bridgehead atoms. The van der Waals surface area contributed by atoms with Crippen molar-refractivity contribution in [1.82, 2.24) is 0 Å². The molecule has 0 fully saturated rings. The van der Waals surface area contributed by atoms with Gasteiger partial charge < -0.3 is 14.7 Å². The van der Waals surface area contributed by atoms with Crippen molar-refractivity contribution < 1.29 is 117 Å². The summed E-state index contributed by atoms with van der Waals surface area (Å²) in [7, 11) is -7.11. The van der Waals surface area contributed by atoms with Crippen molar-refractivity contribution in [3.63, 3.8) is 0 Å². The van der Waals surface area contributed by atoms with E-state index in [9.17, 15) is 0 Å². The number of hydrogen-bond acceptors (Lipinski definition) is 6. The third-order valence-corrected chi connectivity index (χ3v) is 0. The molecule has 0 spiro atoms. The molecule has 0 aromatic rings. The van der Waals surface area contributed by atoms with Gasteiger partial charge in [-0.1, -0.05) is 18.9 Å². The Labute approximate surface area is 156 Å². The van der Waals surface area contributed by atoms with E-state index in [1.54, 1.807) is 0 Å². The normalized spacial score (nSPS) is 8.60. The van der Waals surface area contributed by atoms with E-state index in [4.69, 9.17) is 28.4 Å². The molecule has 0 aliphatic carbocycles. The Morgan fingerprint density at radius 1 is 0.600 bits per heavy atom. The zero-order valence-electron chi connectivity index (χ0n) is 8.91. The Hall–Kier alpha value is 2.79. The molecule has 0 saturated carbocycles. The van der Waals surface area contributed by atoms with Gasteiger partial charge in [-0.2, -0.15) is 0 Å². The molecule has 0 rings (SSSR count). The van der Waals surface area contributed by atoms with Gasteiger partial charge in [0.25, 0.3) is 0 Å². The molecular weight excluding hydrogens is 294 g/mol. The Morgan fingerprint density at radius 3 is 0.600 bits per heavy atom. The van der Waals surface area contributed by atoms with Gasteiger partial charge in [-0.05, 0) is 0 Å². The second kappa shape index (κ2) is 30.1. The number of rotatable bonds is 0. The summed E-state index contributed by atoms with van der Waals surface area (Å²) in [6.07, 6.45) is 7.78. The second-order valence-electron chi connectivity index (χ2n) is 0.998. The van der Waals surface area contributed by atoms with Crippen molar-refractivity contribution in [2.75, 3.05) is 0 Å². The molecule has 0 aliphatic rings. The maximum Gasteiger partial charge on any atom is 1.00 e. The Kier molecular flexibility index (Phi) is 72.4. The van der Waals surface area contributed by atoms with Crippen LogP contribution in [0.2, 0.25) is 0 Å². The first-order chi connectivity index (χ1) is 5.20. The van der Waals surface area contributed by atoms with Gasteiger partial charge >= 0.3 is 88.7 Å². The van der Waals surface area contributed by atoms with E-state index in [2.05, 4.69) is 18.9 Å². The predicted octanol–water partition coefficient (Wildman–Crippen LogP) is -10.4. The van der Waals surface area contributed by atoms with E-state index in [1.807, 2.05) is 0 Å². The van der Waals surface area contributed by atoms with Crippen LogP contribution in [0.5, 0.6) is 0 Å². The van der Waals surface area contributed by atoms with E-state index >= 15 is 0 Å². The maximum absolute atomic E-state index is 8.93. The van der Waals surface area contributed by atoms with Crippen LogP contribution in [0.3, 0.4) is 0 Å². The van der Waals surface area contributed by atoms with Gasteiger partial charge in [0.15, 0.2) is 0 Å². The monoisotopic (exact) mass is 300 g/mol. The third-order valence-electron chi connectivity index (χ3n) is 0. The first-order valence-electron chi connectivity index (χ1n) is 2.04. The van der Waals surface area contributed by atoms with Gasteiger partial charge in [0.05, 0.1) is 0 Å². The molecule has 3 atom stereocenters. The summed E-state index contributed by atoms with van der Waals surface area (Å²) in [6.45, 7) is 0. The second-order valence-corrected chi connectivity index (χ2v) is 2.99. The summed E-state index contributed by atoms with van der Waals surface area (Å²) in [5, 5.41) is 0. The molecule has 0 amide bonds. The van der Waals surface area contributed by atoms with Crippen molar-refractivity contribution in [3.8, 4) is 0 Å². The largest absolute Gasteiger partial charge is 1.00 e. The van der Waals surface area contributed by atoms with Crippen LogP contribution in [0.4, 0.5) is 0 Å². The maximum atomic E-state index is 8.93. The summed E-state index contributed by atoms with van der Waals surface area (Å²) in [4.78, 5) is 26.8. The van der Waals surface area contributed by atoms with Crippen LogP contribution in [0.1, 0.15) is 0 Å². The minimum absolute atomic E-state index is 0. The van der Waals surface area contributed by atoms with Gasteiger partial charge in [0.1, 0.15) is 0 Å². The molecule has 0 saturated heterocycles. The van der Waals surface area contributed by atoms with E-state index in [0.717, 1.165) is 0 Å². The first-order valence-corrected chi connectivity index (χ1v) is 6.13. The summed E-state index contributed by atoms with van der Waals surface area (Å²) in [5.41, 5.74) is 0. The standard InChI is InChI=1S/3CH3O2P.3Na/c3*1-4(2)3;;;/h3*1H2,(H,2,3);;;/q;;;3*+1/p-3. The zero-order valence-corrected chi connectivity index (χ0v) is 17.6. The van der Waals surface area contributed by atoms with Crippen molar-refractivity contribution in [2.24, 2.45) is 0 Å². The molecule has 0 aromatic carbocycles. The van der Waals surface area contributed by atoms with E-state index < -0.39 is 23.0 Å². The molecule has 0 N–H and O–H groups in total. The fraction of sp³-hybridized carbons (Fsp3) is 0. The van der Waals surface area contributed by atoms with Crippen LogP contribution in [-0.4, -0.2) is 18.9 Å². The molecule has 3 unspecified atom stereocenters. The molecule has 12 heteroatoms. The Bertz CT molecular complexity index is 222. The van der Waals surface area contributed by atoms with Crippen LogP contribution in [0, 0.1) is 0 Å². The van der Waals surface area contributed by atoms with Crippen molar-refractivity contribution in [3.05, 3.63) is 0 Å². The van der Waals surface area contributed by atoms with Gasteiger partial charge in [0, 0.05) is 23.0 Å². The van der Waals surface area contributed by atoms with Gasteiger partial charge in [-0.3, -0.25) is 13.7 Å². The fourth-order valence-corrected chi connectivity index (χ4v) is 0. The predicted molar refractivity (Wildman–Crippen MR) is 44.2 cm³/mol. The molecule has 15 heavy (non-hydrogen) atoms. The topological polar surface area (TPSA) is 120 Å². The van der Waals surface area contributed by atoms with Crippen LogP contribution in [-0.2, 0) is 13.7 Å². The van der Waals surface area contributed by atoms with Gasteiger partial charge in [0.2, 0.25) is 0 Å². The van der Waals surface area contributed by atoms with Crippen molar-refractivity contribution in [2.45, 2.75) is 0 Å². The minimum atomic E-state index is -2.37. The van der Waals surface area contributed by atoms with Gasteiger partial charge in [-0.15, -0.1) is 0 Å². The van der Waals surface area contributed by atoms with E-state index in [-0.39, 0.29) is 88.7 Å². The molecular formula is C3H6Na3O6P3. The molecule has 72 valence electrons. The minimum Gasteiger partial charge on any atom is -0.777 e. The Balaban J connectivity index is -0.0000000184. The van der Waals surface area contributed by atoms with Crippen molar-refractivity contribution >= 4 is 41.9 Å². The summed E-state index contributed by atoms with van der Waals surface area (Å²) >= 11 is 0. The quantitative estimate of drug-likeness (QED) is 0.323. The molecule has 0 radical (unpaired) electrons. The summed E-state index contributed by atoms with van der Waals surface area (Å²) in [5.74, 6) is 0. The SMILES string of the molecule is C=P(=O)[O-].C=P(=O)[O-].C=P(=O)[O-].[Na+].[Na+].[Na+]. The zero-order chi connectivity index (χ0) is 10.7. The number of hydrogen-bond donors (Lipinski definition) is 0. The molecule has 0 aromatic heterocycles. The smallest absolute Gasteiger partial charge is 0.777 e. The van der Waals surface area contributed by atoms with Crippen LogP contribution >= 0.6 is 23.0 Å². The van der Waals surface area contributed by atoms with Gasteiger partial charge in [-0.25, -0.2) is 0 Å². The average Bonchev–Trinajstić information content (AvgIpc) is 1.54.